The monoisotopic (exact) mass is 302 g/mol. The van der Waals surface area contributed by atoms with E-state index in [2.05, 4.69) is 5.32 Å². The lowest BCUT2D eigenvalue weighted by atomic mass is 10.0. The maximum Gasteiger partial charge on any atom is 0.241 e. The molecule has 0 aliphatic rings. The van der Waals surface area contributed by atoms with Crippen molar-refractivity contribution in [3.63, 3.8) is 0 Å². The highest BCUT2D eigenvalue weighted by Crippen LogP contribution is 2.30. The normalized spacial score (nSPS) is 11.5. The van der Waals surface area contributed by atoms with Crippen molar-refractivity contribution in [1.82, 2.24) is 0 Å². The lowest BCUT2D eigenvalue weighted by Crippen LogP contribution is -2.39. The molecule has 0 saturated heterocycles. The van der Waals surface area contributed by atoms with Crippen molar-refractivity contribution in [2.45, 2.75) is 26.8 Å². The second kappa shape index (κ2) is 8.66. The van der Waals surface area contributed by atoms with Crippen LogP contribution in [0.15, 0.2) is 18.2 Å². The van der Waals surface area contributed by atoms with E-state index in [9.17, 15) is 4.79 Å². The number of carbonyl (C=O) groups is 1. The van der Waals surface area contributed by atoms with Crippen LogP contribution in [0, 0.1) is 5.92 Å². The van der Waals surface area contributed by atoms with Gasteiger partial charge in [0, 0.05) is 11.8 Å². The van der Waals surface area contributed by atoms with Crippen molar-refractivity contribution in [2.24, 2.45) is 11.7 Å². The zero-order valence-electron chi connectivity index (χ0n) is 12.3. The van der Waals surface area contributed by atoms with Crippen LogP contribution in [0.3, 0.4) is 0 Å². The molecule has 0 heterocycles. The topological polar surface area (TPSA) is 73.6 Å². The number of rotatable bonds is 6. The van der Waals surface area contributed by atoms with Crippen LogP contribution in [-0.4, -0.2) is 25.7 Å². The minimum atomic E-state index is -0.530. The van der Waals surface area contributed by atoms with Crippen LogP contribution in [0.2, 0.25) is 0 Å². The number of carbonyl (C=O) groups excluding carboxylic acids is 1. The molecule has 5 nitrogen and oxygen atoms in total. The van der Waals surface area contributed by atoms with Gasteiger partial charge in [0.1, 0.15) is 0 Å². The second-order valence-electron chi connectivity index (χ2n) is 4.56. The third-order valence-electron chi connectivity index (χ3n) is 2.75. The van der Waals surface area contributed by atoms with Gasteiger partial charge >= 0.3 is 0 Å². The van der Waals surface area contributed by atoms with Gasteiger partial charge in [0.15, 0.2) is 11.5 Å². The number of hydrogen-bond donors (Lipinski definition) is 2. The minimum absolute atomic E-state index is 0. The number of methoxy groups -OCH3 is 1. The van der Waals surface area contributed by atoms with Crippen molar-refractivity contribution in [1.29, 1.82) is 0 Å². The van der Waals surface area contributed by atoms with Crippen LogP contribution in [0.5, 0.6) is 11.5 Å². The summed E-state index contributed by atoms with van der Waals surface area (Å²) in [6, 6.07) is 4.71. The summed E-state index contributed by atoms with van der Waals surface area (Å²) in [5, 5.41) is 2.77. The van der Waals surface area contributed by atoms with Crippen molar-refractivity contribution in [3.8, 4) is 11.5 Å². The van der Waals surface area contributed by atoms with Crippen LogP contribution in [0.25, 0.3) is 0 Å². The van der Waals surface area contributed by atoms with Gasteiger partial charge in [0.25, 0.3) is 0 Å². The average molecular weight is 303 g/mol. The number of halogens is 1. The Morgan fingerprint density at radius 3 is 2.50 bits per heavy atom. The molecule has 1 rings (SSSR count). The highest BCUT2D eigenvalue weighted by molar-refractivity contribution is 5.95. The summed E-state index contributed by atoms with van der Waals surface area (Å²) in [6.45, 7) is 6.23. The van der Waals surface area contributed by atoms with Crippen molar-refractivity contribution in [3.05, 3.63) is 18.2 Å². The number of nitrogens with two attached hydrogens (primary N) is 1. The molecule has 0 radical (unpaired) electrons. The van der Waals surface area contributed by atoms with E-state index in [0.29, 0.717) is 23.8 Å². The van der Waals surface area contributed by atoms with Crippen LogP contribution < -0.4 is 20.5 Å². The predicted octanol–water partition coefficient (Wildman–Crippen LogP) is 2.44. The first kappa shape index (κ1) is 18.5. The molecule has 0 spiro atoms. The van der Waals surface area contributed by atoms with E-state index in [-0.39, 0.29) is 24.2 Å². The van der Waals surface area contributed by atoms with E-state index in [1.54, 1.807) is 25.3 Å². The first-order chi connectivity index (χ1) is 8.99. The average Bonchev–Trinajstić information content (AvgIpc) is 2.38. The summed E-state index contributed by atoms with van der Waals surface area (Å²) in [7, 11) is 1.57. The van der Waals surface area contributed by atoms with Crippen molar-refractivity contribution in [2.75, 3.05) is 19.0 Å². The van der Waals surface area contributed by atoms with Gasteiger partial charge in [-0.2, -0.15) is 0 Å². The predicted molar refractivity (Wildman–Crippen MR) is 82.9 cm³/mol. The molecular formula is C14H23ClN2O3. The first-order valence-corrected chi connectivity index (χ1v) is 6.36. The Hall–Kier alpha value is -1.46. The molecule has 0 unspecified atom stereocenters. The van der Waals surface area contributed by atoms with Gasteiger partial charge in [0.2, 0.25) is 5.91 Å². The van der Waals surface area contributed by atoms with E-state index in [1.165, 1.54) is 0 Å². The van der Waals surface area contributed by atoms with E-state index in [4.69, 9.17) is 15.2 Å². The van der Waals surface area contributed by atoms with Crippen LogP contribution >= 0.6 is 12.4 Å². The molecule has 0 fully saturated rings. The maximum absolute atomic E-state index is 11.9. The van der Waals surface area contributed by atoms with E-state index < -0.39 is 6.04 Å². The maximum atomic E-state index is 11.9. The molecule has 1 aromatic rings. The highest BCUT2D eigenvalue weighted by atomic mass is 35.5. The van der Waals surface area contributed by atoms with Crippen LogP contribution in [0.4, 0.5) is 5.69 Å². The summed E-state index contributed by atoms with van der Waals surface area (Å²) in [4.78, 5) is 11.9. The number of benzene rings is 1. The molecular weight excluding hydrogens is 280 g/mol. The fourth-order valence-electron chi connectivity index (χ4n) is 1.55. The zero-order valence-corrected chi connectivity index (χ0v) is 13.1. The number of hydrogen-bond acceptors (Lipinski definition) is 4. The molecule has 0 aliphatic heterocycles. The number of ether oxygens (including phenoxy) is 2. The van der Waals surface area contributed by atoms with Crippen molar-refractivity contribution >= 4 is 24.0 Å². The van der Waals surface area contributed by atoms with E-state index >= 15 is 0 Å². The number of amides is 1. The molecule has 20 heavy (non-hydrogen) atoms. The molecule has 0 bridgehead atoms. The van der Waals surface area contributed by atoms with Gasteiger partial charge in [0.05, 0.1) is 19.8 Å². The Balaban J connectivity index is 0.00000361. The molecule has 6 heteroatoms. The molecule has 114 valence electrons. The Morgan fingerprint density at radius 1 is 1.35 bits per heavy atom. The largest absolute Gasteiger partial charge is 0.493 e. The van der Waals surface area contributed by atoms with Gasteiger partial charge in [-0.25, -0.2) is 0 Å². The van der Waals surface area contributed by atoms with Crippen LogP contribution in [-0.2, 0) is 4.79 Å². The lowest BCUT2D eigenvalue weighted by molar-refractivity contribution is -0.118. The Bertz CT molecular complexity index is 438. The molecule has 3 N–H and O–H groups in total. The molecule has 1 atom stereocenters. The molecule has 0 aliphatic carbocycles. The Labute approximate surface area is 126 Å². The lowest BCUT2D eigenvalue weighted by Gasteiger charge is -2.16. The van der Waals surface area contributed by atoms with E-state index in [0.717, 1.165) is 0 Å². The fraction of sp³-hybridized carbons (Fsp3) is 0.500. The Morgan fingerprint density at radius 2 is 2.00 bits per heavy atom. The molecule has 1 amide bonds. The second-order valence-corrected chi connectivity index (χ2v) is 4.56. The van der Waals surface area contributed by atoms with Gasteiger partial charge < -0.3 is 20.5 Å². The third-order valence-corrected chi connectivity index (χ3v) is 2.75. The quantitative estimate of drug-likeness (QED) is 0.846. The smallest absolute Gasteiger partial charge is 0.241 e. The first-order valence-electron chi connectivity index (χ1n) is 6.36. The third kappa shape index (κ3) is 4.90. The van der Waals surface area contributed by atoms with Gasteiger partial charge in [-0.05, 0) is 25.0 Å². The SMILES string of the molecule is CCOc1cc(NC(=O)[C@H](N)C(C)C)ccc1OC.Cl. The van der Waals surface area contributed by atoms with Gasteiger partial charge in [-0.1, -0.05) is 13.8 Å². The van der Waals surface area contributed by atoms with Crippen LogP contribution in [0.1, 0.15) is 20.8 Å². The summed E-state index contributed by atoms with van der Waals surface area (Å²) in [6.07, 6.45) is 0. The minimum Gasteiger partial charge on any atom is -0.493 e. The summed E-state index contributed by atoms with van der Waals surface area (Å²) >= 11 is 0. The zero-order chi connectivity index (χ0) is 14.4. The molecule has 0 saturated carbocycles. The van der Waals surface area contributed by atoms with Gasteiger partial charge in [-0.15, -0.1) is 12.4 Å². The number of nitrogens with one attached hydrogen (secondary N) is 1. The number of anilines is 1. The summed E-state index contributed by atoms with van der Waals surface area (Å²) < 4.78 is 10.6. The Kier molecular flexibility index (Phi) is 8.03. The molecule has 0 aromatic heterocycles. The molecule has 1 aromatic carbocycles. The van der Waals surface area contributed by atoms with Crippen molar-refractivity contribution < 1.29 is 14.3 Å². The standard InChI is InChI=1S/C14H22N2O3.ClH/c1-5-19-12-8-10(6-7-11(12)18-4)16-14(17)13(15)9(2)3;/h6-9,13H,5,15H2,1-4H3,(H,16,17);1H/t13-;/m1./s1. The fourth-order valence-corrected chi connectivity index (χ4v) is 1.55. The summed E-state index contributed by atoms with van der Waals surface area (Å²) in [5.41, 5.74) is 6.44. The van der Waals surface area contributed by atoms with Gasteiger partial charge in [-0.3, -0.25) is 4.79 Å². The highest BCUT2D eigenvalue weighted by Gasteiger charge is 2.17. The van der Waals surface area contributed by atoms with E-state index in [1.807, 2.05) is 20.8 Å². The summed E-state index contributed by atoms with van der Waals surface area (Å²) in [5.74, 6) is 1.11.